The number of rotatable bonds is 6. The predicted octanol–water partition coefficient (Wildman–Crippen LogP) is 2.54. The van der Waals surface area contributed by atoms with Crippen molar-refractivity contribution in [3.8, 4) is 0 Å². The van der Waals surface area contributed by atoms with Crippen molar-refractivity contribution in [3.05, 3.63) is 18.2 Å². The molecule has 0 bridgehead atoms. The third-order valence-electron chi connectivity index (χ3n) is 4.10. The Balaban J connectivity index is 1.63. The van der Waals surface area contributed by atoms with Crippen LogP contribution in [0.25, 0.3) is 0 Å². The zero-order valence-corrected chi connectivity index (χ0v) is 12.0. The maximum Gasteiger partial charge on any atom is 0.103 e. The molecule has 1 aromatic heterocycles. The number of hydrogen-bond acceptors (Lipinski definition) is 3. The van der Waals surface area contributed by atoms with Gasteiger partial charge in [-0.1, -0.05) is 13.8 Å². The van der Waals surface area contributed by atoms with Gasteiger partial charge in [-0.3, -0.25) is 0 Å². The van der Waals surface area contributed by atoms with E-state index in [9.17, 15) is 0 Å². The summed E-state index contributed by atoms with van der Waals surface area (Å²) >= 11 is 0. The van der Waals surface area contributed by atoms with Gasteiger partial charge in [0.15, 0.2) is 0 Å². The number of nitrogens with zero attached hydrogens (tertiary/aromatic N) is 2. The first-order valence-corrected chi connectivity index (χ1v) is 7.59. The summed E-state index contributed by atoms with van der Waals surface area (Å²) in [5.74, 6) is 1.30. The molecule has 2 heterocycles. The quantitative estimate of drug-likeness (QED) is 0.857. The molecule has 1 saturated carbocycles. The fourth-order valence-electron chi connectivity index (χ4n) is 2.92. The maximum absolute atomic E-state index is 5.99. The van der Waals surface area contributed by atoms with Gasteiger partial charge in [0.2, 0.25) is 0 Å². The SMILES string of the molecule is CC(C)CNCC1CCOC1c1cncn1C1CC1. The zero-order chi connectivity index (χ0) is 13.2. The largest absolute Gasteiger partial charge is 0.372 e. The highest BCUT2D eigenvalue weighted by molar-refractivity contribution is 5.10. The summed E-state index contributed by atoms with van der Waals surface area (Å²) in [6.07, 6.45) is 7.98. The fourth-order valence-corrected chi connectivity index (χ4v) is 2.92. The smallest absolute Gasteiger partial charge is 0.103 e. The summed E-state index contributed by atoms with van der Waals surface area (Å²) < 4.78 is 8.32. The average molecular weight is 263 g/mol. The van der Waals surface area contributed by atoms with E-state index in [0.717, 1.165) is 26.1 Å². The number of aromatic nitrogens is 2. The van der Waals surface area contributed by atoms with Crippen LogP contribution in [0.4, 0.5) is 0 Å². The van der Waals surface area contributed by atoms with E-state index in [1.807, 2.05) is 12.5 Å². The molecular formula is C15H25N3O. The van der Waals surface area contributed by atoms with Gasteiger partial charge in [0.25, 0.3) is 0 Å². The topological polar surface area (TPSA) is 39.1 Å². The second-order valence-corrected chi connectivity index (χ2v) is 6.35. The van der Waals surface area contributed by atoms with Crippen LogP contribution in [0.1, 0.15) is 50.9 Å². The molecule has 2 aliphatic rings. The van der Waals surface area contributed by atoms with Crippen LogP contribution >= 0.6 is 0 Å². The summed E-state index contributed by atoms with van der Waals surface area (Å²) in [4.78, 5) is 4.33. The van der Waals surface area contributed by atoms with Crippen LogP contribution in [0.3, 0.4) is 0 Å². The van der Waals surface area contributed by atoms with E-state index in [4.69, 9.17) is 4.74 Å². The van der Waals surface area contributed by atoms with Gasteiger partial charge in [-0.25, -0.2) is 4.98 Å². The lowest BCUT2D eigenvalue weighted by Crippen LogP contribution is -2.28. The highest BCUT2D eigenvalue weighted by Gasteiger charge is 2.34. The molecule has 1 N–H and O–H groups in total. The Kier molecular flexibility index (Phi) is 3.89. The lowest BCUT2D eigenvalue weighted by atomic mass is 9.99. The number of nitrogens with one attached hydrogen (secondary N) is 1. The summed E-state index contributed by atoms with van der Waals surface area (Å²) in [6.45, 7) is 7.52. The van der Waals surface area contributed by atoms with Gasteiger partial charge in [0.05, 0.1) is 18.2 Å². The number of imidazole rings is 1. The molecule has 106 valence electrons. The first kappa shape index (κ1) is 13.1. The van der Waals surface area contributed by atoms with Gasteiger partial charge in [-0.2, -0.15) is 0 Å². The maximum atomic E-state index is 5.99. The lowest BCUT2D eigenvalue weighted by molar-refractivity contribution is 0.0837. The van der Waals surface area contributed by atoms with Gasteiger partial charge in [-0.05, 0) is 31.7 Å². The van der Waals surface area contributed by atoms with Crippen molar-refractivity contribution < 1.29 is 4.74 Å². The minimum atomic E-state index is 0.239. The molecule has 2 atom stereocenters. The van der Waals surface area contributed by atoms with Crippen molar-refractivity contribution in [2.45, 2.75) is 45.3 Å². The van der Waals surface area contributed by atoms with E-state index in [-0.39, 0.29) is 6.10 Å². The Labute approximate surface area is 115 Å². The minimum absolute atomic E-state index is 0.239. The molecular weight excluding hydrogens is 238 g/mol. The summed E-state index contributed by atoms with van der Waals surface area (Å²) in [7, 11) is 0. The molecule has 0 radical (unpaired) electrons. The molecule has 3 rings (SSSR count). The fraction of sp³-hybridized carbons (Fsp3) is 0.800. The number of ether oxygens (including phenoxy) is 1. The van der Waals surface area contributed by atoms with Gasteiger partial charge < -0.3 is 14.6 Å². The average Bonchev–Trinajstić information content (AvgIpc) is 2.93. The second kappa shape index (κ2) is 5.63. The first-order chi connectivity index (χ1) is 9.25. The van der Waals surface area contributed by atoms with E-state index >= 15 is 0 Å². The molecule has 1 aliphatic carbocycles. The molecule has 2 unspecified atom stereocenters. The third-order valence-corrected chi connectivity index (χ3v) is 4.10. The van der Waals surface area contributed by atoms with Crippen molar-refractivity contribution in [1.82, 2.24) is 14.9 Å². The first-order valence-electron chi connectivity index (χ1n) is 7.59. The minimum Gasteiger partial charge on any atom is -0.372 e. The molecule has 0 aromatic carbocycles. The van der Waals surface area contributed by atoms with Gasteiger partial charge in [0, 0.05) is 25.1 Å². The lowest BCUT2D eigenvalue weighted by Gasteiger charge is -2.21. The Bertz CT molecular complexity index is 411. The molecule has 4 nitrogen and oxygen atoms in total. The third kappa shape index (κ3) is 3.00. The molecule has 0 amide bonds. The Morgan fingerprint density at radius 2 is 2.26 bits per heavy atom. The van der Waals surface area contributed by atoms with Crippen LogP contribution < -0.4 is 5.32 Å². The van der Waals surface area contributed by atoms with Crippen molar-refractivity contribution in [2.24, 2.45) is 11.8 Å². The van der Waals surface area contributed by atoms with Crippen LogP contribution in [0, 0.1) is 11.8 Å². The monoisotopic (exact) mass is 263 g/mol. The molecule has 2 fully saturated rings. The van der Waals surface area contributed by atoms with Crippen LogP contribution in [-0.2, 0) is 4.74 Å². The normalized spacial score (nSPS) is 27.3. The van der Waals surface area contributed by atoms with Crippen LogP contribution in [0.15, 0.2) is 12.5 Å². The van der Waals surface area contributed by atoms with E-state index in [1.54, 1.807) is 0 Å². The van der Waals surface area contributed by atoms with Crippen LogP contribution in [0.2, 0.25) is 0 Å². The zero-order valence-electron chi connectivity index (χ0n) is 12.0. The summed E-state index contributed by atoms with van der Waals surface area (Å²) in [6, 6.07) is 0.686. The second-order valence-electron chi connectivity index (χ2n) is 6.35. The van der Waals surface area contributed by atoms with Crippen molar-refractivity contribution in [3.63, 3.8) is 0 Å². The Hall–Kier alpha value is -0.870. The molecule has 19 heavy (non-hydrogen) atoms. The highest BCUT2D eigenvalue weighted by atomic mass is 16.5. The standard InChI is InChI=1S/C15H25N3O/c1-11(2)7-16-8-12-5-6-19-15(12)14-9-17-10-18(14)13-3-4-13/h9-13,15-16H,3-8H2,1-2H3. The van der Waals surface area contributed by atoms with Gasteiger partial charge in [-0.15, -0.1) is 0 Å². The van der Waals surface area contributed by atoms with Crippen LogP contribution in [0.5, 0.6) is 0 Å². The molecule has 1 aliphatic heterocycles. The van der Waals surface area contributed by atoms with Crippen molar-refractivity contribution >= 4 is 0 Å². The van der Waals surface area contributed by atoms with E-state index in [1.165, 1.54) is 18.5 Å². The van der Waals surface area contributed by atoms with Crippen molar-refractivity contribution in [2.75, 3.05) is 19.7 Å². The molecule has 1 saturated heterocycles. The Morgan fingerprint density at radius 1 is 1.42 bits per heavy atom. The molecule has 1 aromatic rings. The van der Waals surface area contributed by atoms with E-state index in [0.29, 0.717) is 17.9 Å². The predicted molar refractivity (Wildman–Crippen MR) is 75.0 cm³/mol. The summed E-state index contributed by atoms with van der Waals surface area (Å²) in [5, 5.41) is 3.57. The molecule has 4 heteroatoms. The highest BCUT2D eigenvalue weighted by Crippen LogP contribution is 2.41. The van der Waals surface area contributed by atoms with Gasteiger partial charge in [0.1, 0.15) is 6.10 Å². The Morgan fingerprint density at radius 3 is 3.00 bits per heavy atom. The number of hydrogen-bond donors (Lipinski definition) is 1. The van der Waals surface area contributed by atoms with E-state index in [2.05, 4.69) is 28.7 Å². The molecule has 0 spiro atoms. The van der Waals surface area contributed by atoms with Crippen molar-refractivity contribution in [1.29, 1.82) is 0 Å². The van der Waals surface area contributed by atoms with E-state index < -0.39 is 0 Å². The summed E-state index contributed by atoms with van der Waals surface area (Å²) in [5.41, 5.74) is 1.29. The van der Waals surface area contributed by atoms with Gasteiger partial charge >= 0.3 is 0 Å². The van der Waals surface area contributed by atoms with Crippen LogP contribution in [-0.4, -0.2) is 29.2 Å².